The molecule has 0 fully saturated rings. The summed E-state index contributed by atoms with van der Waals surface area (Å²) in [7, 11) is -10.2. The fourth-order valence-electron chi connectivity index (χ4n) is 1.76. The number of carbonyl (C=O) groups excluding carboxylic acids is 1. The van der Waals surface area contributed by atoms with Gasteiger partial charge in [0.15, 0.2) is 5.76 Å². The number of rotatable bonds is 4. The summed E-state index contributed by atoms with van der Waals surface area (Å²) >= 11 is 0. The number of nitrogens with two attached hydrogens (primary N) is 1. The zero-order valence-electron chi connectivity index (χ0n) is 11.7. The normalized spacial score (nSPS) is 11.8. The van der Waals surface area contributed by atoms with E-state index in [2.05, 4.69) is 3.63 Å². The molecule has 12 heteroatoms. The third kappa shape index (κ3) is 5.96. The Balaban J connectivity index is 0.000000257. The first kappa shape index (κ1) is 19.1. The van der Waals surface area contributed by atoms with E-state index in [0.29, 0.717) is 0 Å². The predicted octanol–water partition coefficient (Wildman–Crippen LogP) is 0.703. The average Bonchev–Trinajstić information content (AvgIpc) is 2.73. The van der Waals surface area contributed by atoms with E-state index in [0.717, 1.165) is 23.0 Å². The SMILES string of the molecule is CCc1c(C(N)=O)oc2ccccc12.O=S(=O)(O)OS(=O)(=O)O. The molecule has 1 aromatic carbocycles. The molecule has 0 unspecified atom stereocenters. The quantitative estimate of drug-likeness (QED) is 0.657. The lowest BCUT2D eigenvalue weighted by Gasteiger charge is -1.93. The van der Waals surface area contributed by atoms with Crippen LogP contribution in [0.3, 0.4) is 0 Å². The summed E-state index contributed by atoms with van der Waals surface area (Å²) in [5.41, 5.74) is 6.84. The van der Waals surface area contributed by atoms with Crippen LogP contribution in [-0.2, 0) is 30.8 Å². The number of benzene rings is 1. The Labute approximate surface area is 131 Å². The van der Waals surface area contributed by atoms with E-state index in [-0.39, 0.29) is 5.76 Å². The second kappa shape index (κ2) is 7.06. The van der Waals surface area contributed by atoms with Gasteiger partial charge in [0.2, 0.25) is 0 Å². The van der Waals surface area contributed by atoms with Gasteiger partial charge in [-0.05, 0) is 12.5 Å². The van der Waals surface area contributed by atoms with Crippen molar-refractivity contribution < 1.29 is 38.8 Å². The second-order valence-electron chi connectivity index (χ2n) is 4.05. The molecule has 0 aliphatic carbocycles. The van der Waals surface area contributed by atoms with Crippen LogP contribution in [0.4, 0.5) is 0 Å². The standard InChI is InChI=1S/C11H11NO2.H2O7S2/c1-2-7-8-5-3-4-6-9(8)14-10(7)11(12)13;1-8(2,3)7-9(4,5)6/h3-6H,2H2,1H3,(H2,12,13);(H,1,2,3)(H,4,5,6). The molecule has 128 valence electrons. The van der Waals surface area contributed by atoms with Gasteiger partial charge in [-0.15, -0.1) is 3.63 Å². The molecule has 0 aliphatic heterocycles. The van der Waals surface area contributed by atoms with Gasteiger partial charge in [-0.25, -0.2) is 0 Å². The number of amides is 1. The van der Waals surface area contributed by atoms with Crippen molar-refractivity contribution in [2.45, 2.75) is 13.3 Å². The van der Waals surface area contributed by atoms with Crippen LogP contribution in [0.2, 0.25) is 0 Å². The zero-order valence-corrected chi connectivity index (χ0v) is 13.3. The molecule has 1 aromatic heterocycles. The number of aryl methyl sites for hydroxylation is 1. The Morgan fingerprint density at radius 2 is 1.70 bits per heavy atom. The summed E-state index contributed by atoms with van der Waals surface area (Å²) in [5, 5.41) is 0.976. The molecular weight excluding hydrogens is 354 g/mol. The molecule has 0 saturated heterocycles. The molecule has 2 aromatic rings. The highest BCUT2D eigenvalue weighted by atomic mass is 32.3. The highest BCUT2D eigenvalue weighted by Gasteiger charge is 2.16. The largest absolute Gasteiger partial charge is 0.451 e. The summed E-state index contributed by atoms with van der Waals surface area (Å²) in [6, 6.07) is 7.56. The van der Waals surface area contributed by atoms with E-state index in [9.17, 15) is 21.6 Å². The fraction of sp³-hybridized carbons (Fsp3) is 0.182. The number of para-hydroxylation sites is 1. The minimum Gasteiger partial charge on any atom is -0.451 e. The lowest BCUT2D eigenvalue weighted by molar-refractivity contribution is 0.0974. The van der Waals surface area contributed by atoms with Crippen LogP contribution in [0, 0.1) is 0 Å². The first-order chi connectivity index (χ1) is 10.4. The maximum atomic E-state index is 11.1. The number of carbonyl (C=O) groups is 1. The van der Waals surface area contributed by atoms with Crippen LogP contribution >= 0.6 is 0 Å². The van der Waals surface area contributed by atoms with Crippen LogP contribution in [0.25, 0.3) is 11.0 Å². The maximum Gasteiger partial charge on any atom is 0.413 e. The van der Waals surface area contributed by atoms with E-state index in [1.807, 2.05) is 31.2 Å². The molecule has 1 amide bonds. The minimum absolute atomic E-state index is 0.286. The van der Waals surface area contributed by atoms with Gasteiger partial charge < -0.3 is 10.2 Å². The first-order valence-corrected chi connectivity index (χ1v) is 8.63. The van der Waals surface area contributed by atoms with Gasteiger partial charge in [0.1, 0.15) is 5.58 Å². The predicted molar refractivity (Wildman–Crippen MR) is 78.3 cm³/mol. The Hall–Kier alpha value is -1.99. The van der Waals surface area contributed by atoms with Gasteiger partial charge in [0, 0.05) is 10.9 Å². The molecule has 1 heterocycles. The minimum atomic E-state index is -5.12. The van der Waals surface area contributed by atoms with Gasteiger partial charge in [0.05, 0.1) is 0 Å². The lowest BCUT2D eigenvalue weighted by atomic mass is 10.1. The third-order valence-corrected chi connectivity index (χ3v) is 3.82. The molecule has 0 radical (unpaired) electrons. The Kier molecular flexibility index (Phi) is 5.85. The van der Waals surface area contributed by atoms with Crippen LogP contribution in [-0.4, -0.2) is 31.8 Å². The van der Waals surface area contributed by atoms with E-state index >= 15 is 0 Å². The fourth-order valence-corrected chi connectivity index (χ4v) is 2.63. The van der Waals surface area contributed by atoms with Crippen LogP contribution in [0.5, 0.6) is 0 Å². The molecule has 2 rings (SSSR count). The smallest absolute Gasteiger partial charge is 0.413 e. The van der Waals surface area contributed by atoms with E-state index in [1.165, 1.54) is 0 Å². The lowest BCUT2D eigenvalue weighted by Crippen LogP contribution is -2.11. The summed E-state index contributed by atoms with van der Waals surface area (Å²) in [6.45, 7) is 1.98. The number of fused-ring (bicyclic) bond motifs is 1. The Morgan fingerprint density at radius 1 is 1.17 bits per heavy atom. The van der Waals surface area contributed by atoms with Crippen molar-refractivity contribution in [3.8, 4) is 0 Å². The summed E-state index contributed by atoms with van der Waals surface area (Å²) in [4.78, 5) is 11.1. The molecule has 0 atom stereocenters. The molecule has 0 saturated carbocycles. The van der Waals surface area contributed by atoms with Gasteiger partial charge in [-0.2, -0.15) is 16.8 Å². The van der Waals surface area contributed by atoms with Crippen molar-refractivity contribution in [2.75, 3.05) is 0 Å². The van der Waals surface area contributed by atoms with Crippen molar-refractivity contribution in [3.63, 3.8) is 0 Å². The zero-order chi connectivity index (χ0) is 17.8. The number of primary amides is 1. The van der Waals surface area contributed by atoms with Crippen molar-refractivity contribution in [1.82, 2.24) is 0 Å². The van der Waals surface area contributed by atoms with E-state index < -0.39 is 26.7 Å². The Morgan fingerprint density at radius 3 is 2.09 bits per heavy atom. The first-order valence-electron chi connectivity index (χ1n) is 5.90. The Bertz CT molecular complexity index is 882. The molecule has 4 N–H and O–H groups in total. The third-order valence-electron chi connectivity index (χ3n) is 2.45. The molecular formula is C11H13NO9S2. The monoisotopic (exact) mass is 367 g/mol. The highest BCUT2D eigenvalue weighted by molar-refractivity contribution is 7.94. The van der Waals surface area contributed by atoms with Gasteiger partial charge in [0.25, 0.3) is 5.91 Å². The molecule has 0 bridgehead atoms. The van der Waals surface area contributed by atoms with Gasteiger partial charge in [-0.3, -0.25) is 13.9 Å². The average molecular weight is 367 g/mol. The molecule has 10 nitrogen and oxygen atoms in total. The maximum absolute atomic E-state index is 11.1. The van der Waals surface area contributed by atoms with Crippen molar-refractivity contribution >= 4 is 37.7 Å². The number of hydrogen-bond donors (Lipinski definition) is 3. The number of hydrogen-bond acceptors (Lipinski definition) is 7. The van der Waals surface area contributed by atoms with Gasteiger partial charge >= 0.3 is 20.8 Å². The molecule has 0 aliphatic rings. The van der Waals surface area contributed by atoms with Crippen molar-refractivity contribution in [3.05, 3.63) is 35.6 Å². The van der Waals surface area contributed by atoms with Crippen LogP contribution in [0.1, 0.15) is 23.0 Å². The second-order valence-corrected chi connectivity index (χ2v) is 6.30. The molecule has 23 heavy (non-hydrogen) atoms. The summed E-state index contributed by atoms with van der Waals surface area (Å²) in [5.74, 6) is -0.216. The van der Waals surface area contributed by atoms with Gasteiger partial charge in [-0.1, -0.05) is 25.1 Å². The van der Waals surface area contributed by atoms with Crippen molar-refractivity contribution in [1.29, 1.82) is 0 Å². The van der Waals surface area contributed by atoms with E-state index in [4.69, 9.17) is 19.3 Å². The highest BCUT2D eigenvalue weighted by Crippen LogP contribution is 2.25. The number of furan rings is 1. The van der Waals surface area contributed by atoms with Crippen LogP contribution in [0.15, 0.2) is 28.7 Å². The van der Waals surface area contributed by atoms with Crippen LogP contribution < -0.4 is 5.73 Å². The van der Waals surface area contributed by atoms with E-state index in [1.54, 1.807) is 0 Å². The van der Waals surface area contributed by atoms with Crippen molar-refractivity contribution in [2.24, 2.45) is 5.73 Å². The summed E-state index contributed by atoms with van der Waals surface area (Å²) < 4.78 is 60.9. The summed E-state index contributed by atoms with van der Waals surface area (Å²) in [6.07, 6.45) is 0.745. The molecule has 0 spiro atoms. The topological polar surface area (TPSA) is 174 Å².